The smallest absolute Gasteiger partial charge is 0.329 e. The van der Waals surface area contributed by atoms with E-state index in [9.17, 15) is 4.79 Å². The predicted octanol–water partition coefficient (Wildman–Crippen LogP) is 0.803. The minimum absolute atomic E-state index is 0.154. The van der Waals surface area contributed by atoms with Gasteiger partial charge in [-0.2, -0.15) is 0 Å². The monoisotopic (exact) mass is 166 g/mol. The molecule has 0 bridgehead atoms. The molecule has 60 valence electrons. The average molecular weight is 167 g/mol. The lowest BCUT2D eigenvalue weighted by Gasteiger charge is -2.16. The van der Waals surface area contributed by atoms with Gasteiger partial charge in [0.1, 0.15) is 0 Å². The number of hydrogen-bond donors (Lipinski definition) is 0. The summed E-state index contributed by atoms with van der Waals surface area (Å²) in [5.41, 5.74) is 0. The van der Waals surface area contributed by atoms with Crippen LogP contribution in [-0.2, 0) is 14.3 Å². The Kier molecular flexibility index (Phi) is 3.68. The Bertz CT molecular complexity index is 122. The maximum atomic E-state index is 10.8. The van der Waals surface area contributed by atoms with Crippen LogP contribution in [0.1, 0.15) is 6.92 Å². The van der Waals surface area contributed by atoms with E-state index in [0.29, 0.717) is 0 Å². The Morgan fingerprint density at radius 1 is 1.60 bits per heavy atom. The van der Waals surface area contributed by atoms with Gasteiger partial charge >= 0.3 is 5.97 Å². The topological polar surface area (TPSA) is 35.5 Å². The van der Waals surface area contributed by atoms with Crippen molar-refractivity contribution in [2.45, 2.75) is 11.8 Å². The second-order valence-corrected chi connectivity index (χ2v) is 2.96. The number of alkyl halides is 1. The van der Waals surface area contributed by atoms with Crippen molar-refractivity contribution in [3.63, 3.8) is 0 Å². The third-order valence-corrected chi connectivity index (χ3v) is 1.29. The standard InChI is InChI=1S/C6H11ClO3/c1-6(7,4-9-2)5(8)10-3/h4H2,1-3H3. The Hall–Kier alpha value is -0.280. The van der Waals surface area contributed by atoms with E-state index in [4.69, 9.17) is 16.3 Å². The second kappa shape index (κ2) is 3.78. The Labute approximate surface area is 65.3 Å². The van der Waals surface area contributed by atoms with Crippen LogP contribution in [0.15, 0.2) is 0 Å². The van der Waals surface area contributed by atoms with Crippen LogP contribution < -0.4 is 0 Å². The summed E-state index contributed by atoms with van der Waals surface area (Å²) in [4.78, 5) is 9.74. The van der Waals surface area contributed by atoms with E-state index in [2.05, 4.69) is 4.74 Å². The van der Waals surface area contributed by atoms with Gasteiger partial charge in [0.05, 0.1) is 13.7 Å². The molecule has 0 amide bonds. The lowest BCUT2D eigenvalue weighted by Crippen LogP contribution is -2.34. The highest BCUT2D eigenvalue weighted by atomic mass is 35.5. The number of halogens is 1. The highest BCUT2D eigenvalue weighted by Crippen LogP contribution is 2.15. The first-order chi connectivity index (χ1) is 4.54. The normalized spacial score (nSPS) is 16.0. The number of ether oxygens (including phenoxy) is 2. The Balaban J connectivity index is 3.96. The van der Waals surface area contributed by atoms with Gasteiger partial charge in [0, 0.05) is 7.11 Å². The predicted molar refractivity (Wildman–Crippen MR) is 38.1 cm³/mol. The fraction of sp³-hybridized carbons (Fsp3) is 0.833. The number of carbonyl (C=O) groups is 1. The second-order valence-electron chi connectivity index (χ2n) is 2.12. The molecule has 3 nitrogen and oxygen atoms in total. The van der Waals surface area contributed by atoms with E-state index in [-0.39, 0.29) is 6.61 Å². The van der Waals surface area contributed by atoms with Crippen LogP contribution in [0.2, 0.25) is 0 Å². The number of methoxy groups -OCH3 is 2. The number of carbonyl (C=O) groups excluding carboxylic acids is 1. The van der Waals surface area contributed by atoms with Crippen LogP contribution >= 0.6 is 11.6 Å². The molecule has 0 aromatic heterocycles. The molecule has 0 radical (unpaired) electrons. The summed E-state index contributed by atoms with van der Waals surface area (Å²) < 4.78 is 9.11. The van der Waals surface area contributed by atoms with Crippen LogP contribution in [0, 0.1) is 0 Å². The van der Waals surface area contributed by atoms with Gasteiger partial charge in [0.25, 0.3) is 0 Å². The van der Waals surface area contributed by atoms with Gasteiger partial charge in [-0.05, 0) is 6.92 Å². The van der Waals surface area contributed by atoms with E-state index in [1.165, 1.54) is 14.2 Å². The molecule has 0 aliphatic rings. The highest BCUT2D eigenvalue weighted by molar-refractivity contribution is 6.33. The highest BCUT2D eigenvalue weighted by Gasteiger charge is 2.31. The molecule has 0 rings (SSSR count). The fourth-order valence-corrected chi connectivity index (χ4v) is 0.729. The maximum Gasteiger partial charge on any atom is 0.329 e. The van der Waals surface area contributed by atoms with Crippen molar-refractivity contribution < 1.29 is 14.3 Å². The first-order valence-electron chi connectivity index (χ1n) is 2.81. The summed E-state index contributed by atoms with van der Waals surface area (Å²) in [5.74, 6) is -0.476. The SMILES string of the molecule is COCC(C)(Cl)C(=O)OC. The van der Waals surface area contributed by atoms with Gasteiger partial charge in [0.15, 0.2) is 4.87 Å². The van der Waals surface area contributed by atoms with Crippen molar-refractivity contribution in [2.24, 2.45) is 0 Å². The number of esters is 1. The van der Waals surface area contributed by atoms with Crippen LogP contribution in [0.4, 0.5) is 0 Å². The molecular weight excluding hydrogens is 156 g/mol. The summed E-state index contributed by atoms with van der Waals surface area (Å²) in [6.45, 7) is 1.70. The molecule has 1 atom stereocenters. The molecule has 0 saturated heterocycles. The molecule has 0 saturated carbocycles. The van der Waals surface area contributed by atoms with E-state index in [1.54, 1.807) is 6.92 Å². The van der Waals surface area contributed by atoms with Crippen molar-refractivity contribution in [1.82, 2.24) is 0 Å². The number of rotatable bonds is 3. The van der Waals surface area contributed by atoms with Gasteiger partial charge in [-0.15, -0.1) is 11.6 Å². The molecule has 0 aliphatic heterocycles. The molecule has 0 aromatic rings. The van der Waals surface area contributed by atoms with Crippen molar-refractivity contribution >= 4 is 17.6 Å². The third kappa shape index (κ3) is 2.54. The molecule has 0 fully saturated rings. The van der Waals surface area contributed by atoms with Crippen LogP contribution in [0.3, 0.4) is 0 Å². The molecule has 10 heavy (non-hydrogen) atoms. The summed E-state index contributed by atoms with van der Waals surface area (Å²) >= 11 is 5.69. The van der Waals surface area contributed by atoms with E-state index in [1.807, 2.05) is 0 Å². The first-order valence-corrected chi connectivity index (χ1v) is 3.18. The first kappa shape index (κ1) is 9.72. The third-order valence-electron chi connectivity index (χ3n) is 1.03. The Morgan fingerprint density at radius 2 is 2.10 bits per heavy atom. The summed E-state index contributed by atoms with van der Waals surface area (Å²) in [6.07, 6.45) is 0. The van der Waals surface area contributed by atoms with Gasteiger partial charge in [-0.1, -0.05) is 0 Å². The van der Waals surface area contributed by atoms with Gasteiger partial charge in [-0.25, -0.2) is 0 Å². The zero-order chi connectivity index (χ0) is 8.20. The van der Waals surface area contributed by atoms with Gasteiger partial charge in [0.2, 0.25) is 0 Å². The van der Waals surface area contributed by atoms with E-state index in [0.717, 1.165) is 0 Å². The molecule has 0 aliphatic carbocycles. The Morgan fingerprint density at radius 3 is 2.40 bits per heavy atom. The van der Waals surface area contributed by atoms with Gasteiger partial charge < -0.3 is 9.47 Å². The lowest BCUT2D eigenvalue weighted by atomic mass is 10.2. The molecule has 0 aromatic carbocycles. The number of hydrogen-bond acceptors (Lipinski definition) is 3. The fourth-order valence-electron chi connectivity index (χ4n) is 0.543. The van der Waals surface area contributed by atoms with E-state index < -0.39 is 10.8 Å². The minimum Gasteiger partial charge on any atom is -0.468 e. The summed E-state index contributed by atoms with van der Waals surface area (Å²) in [6, 6.07) is 0. The maximum absolute atomic E-state index is 10.8. The molecule has 0 heterocycles. The summed E-state index contributed by atoms with van der Waals surface area (Å²) in [5, 5.41) is 0. The van der Waals surface area contributed by atoms with Crippen LogP contribution in [0.5, 0.6) is 0 Å². The van der Waals surface area contributed by atoms with Crippen molar-refractivity contribution in [1.29, 1.82) is 0 Å². The van der Waals surface area contributed by atoms with E-state index >= 15 is 0 Å². The zero-order valence-electron chi connectivity index (χ0n) is 6.31. The van der Waals surface area contributed by atoms with Crippen LogP contribution in [0.25, 0.3) is 0 Å². The average Bonchev–Trinajstić information content (AvgIpc) is 1.86. The molecule has 0 N–H and O–H groups in total. The summed E-state index contributed by atoms with van der Waals surface area (Å²) in [7, 11) is 2.77. The van der Waals surface area contributed by atoms with Crippen LogP contribution in [-0.4, -0.2) is 31.7 Å². The van der Waals surface area contributed by atoms with Crippen molar-refractivity contribution in [3.8, 4) is 0 Å². The molecule has 1 unspecified atom stereocenters. The van der Waals surface area contributed by atoms with Crippen molar-refractivity contribution in [2.75, 3.05) is 20.8 Å². The van der Waals surface area contributed by atoms with Crippen molar-refractivity contribution in [3.05, 3.63) is 0 Å². The quantitative estimate of drug-likeness (QED) is 0.460. The zero-order valence-corrected chi connectivity index (χ0v) is 7.07. The lowest BCUT2D eigenvalue weighted by molar-refractivity contribution is -0.144. The molecule has 4 heteroatoms. The largest absolute Gasteiger partial charge is 0.468 e. The van der Waals surface area contributed by atoms with Gasteiger partial charge in [-0.3, -0.25) is 4.79 Å². The molecular formula is C6H11ClO3. The molecule has 0 spiro atoms. The minimum atomic E-state index is -1.05.